The van der Waals surface area contributed by atoms with Gasteiger partial charge in [0.1, 0.15) is 46.0 Å². The normalized spacial score (nSPS) is 11.9. The van der Waals surface area contributed by atoms with E-state index in [0.29, 0.717) is 40.2 Å². The highest BCUT2D eigenvalue weighted by Crippen LogP contribution is 2.34. The molecule has 4 aromatic rings. The Morgan fingerprint density at radius 2 is 0.865 bits per heavy atom. The second kappa shape index (κ2) is 10.3. The van der Waals surface area contributed by atoms with Crippen molar-refractivity contribution in [3.63, 3.8) is 0 Å². The van der Waals surface area contributed by atoms with Crippen molar-refractivity contribution >= 4 is 0 Å². The van der Waals surface area contributed by atoms with Crippen LogP contribution in [0.1, 0.15) is 34.1 Å². The summed E-state index contributed by atoms with van der Waals surface area (Å²) in [4.78, 5) is 0. The first-order valence-corrected chi connectivity index (χ1v) is 11.9. The maximum atomic E-state index is 14.8. The Morgan fingerprint density at radius 3 is 1.19 bits per heavy atom. The highest BCUT2D eigenvalue weighted by atomic mass is 19.1. The Kier molecular flexibility index (Phi) is 7.30. The largest absolute Gasteiger partial charge is 0.488 e. The predicted octanol–water partition coefficient (Wildman–Crippen LogP) is 8.98. The molecule has 0 aliphatic rings. The molecule has 0 aliphatic carbocycles. The van der Waals surface area contributed by atoms with Gasteiger partial charge in [0.2, 0.25) is 0 Å². The third kappa shape index (κ3) is 6.70. The molecule has 192 valence electrons. The first-order valence-electron chi connectivity index (χ1n) is 11.9. The van der Waals surface area contributed by atoms with Crippen LogP contribution in [-0.4, -0.2) is 11.2 Å². The zero-order valence-electron chi connectivity index (χ0n) is 21.1. The number of hydrogen-bond acceptors (Lipinski definition) is 2. The quantitative estimate of drug-likeness (QED) is 0.221. The van der Waals surface area contributed by atoms with Crippen LogP contribution in [0.5, 0.6) is 11.5 Å². The van der Waals surface area contributed by atoms with Gasteiger partial charge in [0.15, 0.2) is 0 Å². The van der Waals surface area contributed by atoms with Gasteiger partial charge in [0.25, 0.3) is 0 Å². The lowest BCUT2D eigenvalue weighted by Crippen LogP contribution is -2.41. The fourth-order valence-corrected chi connectivity index (χ4v) is 4.58. The molecule has 6 heteroatoms. The van der Waals surface area contributed by atoms with E-state index in [9.17, 15) is 17.6 Å². The van der Waals surface area contributed by atoms with E-state index < -0.39 is 22.8 Å². The van der Waals surface area contributed by atoms with Gasteiger partial charge in [-0.2, -0.15) is 0 Å². The number of hydrogen-bond donors (Lipinski definition) is 0. The first kappa shape index (κ1) is 26.3. The summed E-state index contributed by atoms with van der Waals surface area (Å²) in [5.41, 5.74) is 0.327. The summed E-state index contributed by atoms with van der Waals surface area (Å²) < 4.78 is 68.2. The van der Waals surface area contributed by atoms with E-state index in [1.54, 1.807) is 24.3 Å². The zero-order chi connectivity index (χ0) is 26.8. The summed E-state index contributed by atoms with van der Waals surface area (Å²) in [6, 6.07) is 20.4. The molecular weight excluding hydrogens is 480 g/mol. The molecule has 0 N–H and O–H groups in total. The second-order valence-electron chi connectivity index (χ2n) is 10.2. The molecule has 0 spiro atoms. The topological polar surface area (TPSA) is 18.5 Å². The maximum Gasteiger partial charge on any atom is 0.134 e. The average Bonchev–Trinajstić information content (AvgIpc) is 2.79. The molecule has 0 radical (unpaired) electrons. The van der Waals surface area contributed by atoms with E-state index in [0.717, 1.165) is 0 Å². The molecule has 0 aromatic heterocycles. The van der Waals surface area contributed by atoms with Crippen LogP contribution in [0.2, 0.25) is 0 Å². The van der Waals surface area contributed by atoms with E-state index >= 15 is 0 Å². The van der Waals surface area contributed by atoms with Crippen molar-refractivity contribution in [2.24, 2.45) is 0 Å². The summed E-state index contributed by atoms with van der Waals surface area (Å²) in [7, 11) is 0. The van der Waals surface area contributed by atoms with Crippen LogP contribution in [0.4, 0.5) is 17.6 Å². The van der Waals surface area contributed by atoms with Gasteiger partial charge >= 0.3 is 0 Å². The lowest BCUT2D eigenvalue weighted by Gasteiger charge is -2.35. The molecule has 0 aliphatic heterocycles. The fourth-order valence-electron chi connectivity index (χ4n) is 4.58. The molecule has 0 unspecified atom stereocenters. The molecule has 4 rings (SSSR count). The van der Waals surface area contributed by atoms with Crippen LogP contribution < -0.4 is 9.47 Å². The van der Waals surface area contributed by atoms with Crippen LogP contribution in [0.15, 0.2) is 84.9 Å². The van der Waals surface area contributed by atoms with E-state index in [4.69, 9.17) is 9.47 Å². The highest BCUT2D eigenvalue weighted by Gasteiger charge is 2.32. The smallest absolute Gasteiger partial charge is 0.134 e. The molecule has 0 amide bonds. The van der Waals surface area contributed by atoms with E-state index in [-0.39, 0.29) is 11.6 Å². The van der Waals surface area contributed by atoms with Crippen molar-refractivity contribution in [2.75, 3.05) is 0 Å². The van der Waals surface area contributed by atoms with Crippen molar-refractivity contribution in [1.29, 1.82) is 0 Å². The third-order valence-corrected chi connectivity index (χ3v) is 5.83. The monoisotopic (exact) mass is 508 g/mol. The Balaban J connectivity index is 1.44. The van der Waals surface area contributed by atoms with Crippen molar-refractivity contribution < 1.29 is 27.0 Å². The van der Waals surface area contributed by atoms with Crippen LogP contribution in [0.25, 0.3) is 22.3 Å². The van der Waals surface area contributed by atoms with Gasteiger partial charge in [-0.3, -0.25) is 0 Å². The molecule has 2 nitrogen and oxygen atoms in total. The van der Waals surface area contributed by atoms with E-state index in [1.807, 2.05) is 27.7 Å². The molecule has 0 fully saturated rings. The van der Waals surface area contributed by atoms with Gasteiger partial charge in [0, 0.05) is 29.7 Å². The molecule has 0 bridgehead atoms. The fraction of sp³-hybridized carbons (Fsp3) is 0.226. The van der Waals surface area contributed by atoms with Gasteiger partial charge in [-0.05, 0) is 87.4 Å². The van der Waals surface area contributed by atoms with Crippen LogP contribution in [0.3, 0.4) is 0 Å². The summed E-state index contributed by atoms with van der Waals surface area (Å²) in [6.07, 6.45) is 0.405. The van der Waals surface area contributed by atoms with Crippen LogP contribution in [-0.2, 0) is 0 Å². The van der Waals surface area contributed by atoms with Crippen molar-refractivity contribution in [3.8, 4) is 33.8 Å². The number of ether oxygens (including phenoxy) is 2. The van der Waals surface area contributed by atoms with Crippen LogP contribution >= 0.6 is 0 Å². The molecular formula is C31H28F4O2. The van der Waals surface area contributed by atoms with Gasteiger partial charge in [-0.25, -0.2) is 17.6 Å². The second-order valence-corrected chi connectivity index (χ2v) is 10.2. The van der Waals surface area contributed by atoms with Gasteiger partial charge in [-0.1, -0.05) is 24.3 Å². The van der Waals surface area contributed by atoms with Crippen molar-refractivity contribution in [1.82, 2.24) is 0 Å². The number of halogens is 4. The molecule has 4 aromatic carbocycles. The van der Waals surface area contributed by atoms with E-state index in [2.05, 4.69) is 0 Å². The number of rotatable bonds is 8. The SMILES string of the molecule is CC(C)(CC(C)(C)Oc1ccc(-c2ccc(F)cc2)c(F)c1)Oc1ccc(-c2ccc(F)cc2)c(F)c1. The Labute approximate surface area is 214 Å². The summed E-state index contributed by atoms with van der Waals surface area (Å²) in [5, 5.41) is 0. The lowest BCUT2D eigenvalue weighted by molar-refractivity contribution is 0.00482. The Hall–Kier alpha value is -3.80. The summed E-state index contributed by atoms with van der Waals surface area (Å²) >= 11 is 0. The molecule has 0 saturated carbocycles. The molecule has 0 saturated heterocycles. The first-order chi connectivity index (χ1) is 17.4. The van der Waals surface area contributed by atoms with Gasteiger partial charge in [0.05, 0.1) is 0 Å². The minimum absolute atomic E-state index is 0.346. The summed E-state index contributed by atoms with van der Waals surface area (Å²) in [6.45, 7) is 7.45. The van der Waals surface area contributed by atoms with Crippen LogP contribution in [0, 0.1) is 23.3 Å². The molecule has 37 heavy (non-hydrogen) atoms. The highest BCUT2D eigenvalue weighted by molar-refractivity contribution is 5.65. The number of benzene rings is 4. The minimum Gasteiger partial charge on any atom is -0.488 e. The average molecular weight is 509 g/mol. The predicted molar refractivity (Wildman–Crippen MR) is 138 cm³/mol. The van der Waals surface area contributed by atoms with E-state index in [1.165, 1.54) is 60.7 Å². The Bertz CT molecular complexity index is 1270. The summed E-state index contributed by atoms with van der Waals surface area (Å²) in [5.74, 6) is -1.04. The van der Waals surface area contributed by atoms with Gasteiger partial charge < -0.3 is 9.47 Å². The third-order valence-electron chi connectivity index (χ3n) is 5.83. The molecule has 0 atom stereocenters. The minimum atomic E-state index is -0.750. The maximum absolute atomic E-state index is 14.8. The van der Waals surface area contributed by atoms with Gasteiger partial charge in [-0.15, -0.1) is 0 Å². The standard InChI is InChI=1S/C31H28F4O2/c1-30(2,36-24-13-15-26(28(34)17-24)20-5-9-22(32)10-6-20)19-31(3,4)37-25-14-16-27(29(35)18-25)21-7-11-23(33)12-8-21/h5-18H,19H2,1-4H3. The molecule has 0 heterocycles. The van der Waals surface area contributed by atoms with Crippen molar-refractivity contribution in [3.05, 3.63) is 108 Å². The lowest BCUT2D eigenvalue weighted by atomic mass is 9.91. The zero-order valence-corrected chi connectivity index (χ0v) is 21.1. The Morgan fingerprint density at radius 1 is 0.514 bits per heavy atom. The van der Waals surface area contributed by atoms with Crippen molar-refractivity contribution in [2.45, 2.75) is 45.3 Å².